The van der Waals surface area contributed by atoms with Gasteiger partial charge < -0.3 is 8.83 Å². The first-order valence-corrected chi connectivity index (χ1v) is 12.4. The van der Waals surface area contributed by atoms with E-state index in [-0.39, 0.29) is 20.3 Å². The van der Waals surface area contributed by atoms with E-state index in [0.29, 0.717) is 32.9 Å². The van der Waals surface area contributed by atoms with Gasteiger partial charge in [0.25, 0.3) is 22.3 Å². The Balaban J connectivity index is 1.42. The molecule has 3 aromatic carbocycles. The van der Waals surface area contributed by atoms with Crippen LogP contribution >= 0.6 is 35.1 Å². The van der Waals surface area contributed by atoms with Gasteiger partial charge in [-0.2, -0.15) is 0 Å². The standard InChI is InChI=1S/C25H14ClN3O4S2/c1-13-10-11-14(12-15(13)26)29-22(30)20(34-24-27-16-6-2-4-8-18(16)32-24)21(23(29)31)35-25-28-17-7-3-5-9-19(17)33-25/h2-12H,1H3. The van der Waals surface area contributed by atoms with Crippen molar-refractivity contribution in [3.05, 3.63) is 87.1 Å². The monoisotopic (exact) mass is 519 g/mol. The third-order valence-corrected chi connectivity index (χ3v) is 7.74. The molecular formula is C25H14ClN3O4S2. The summed E-state index contributed by atoms with van der Waals surface area (Å²) in [7, 11) is 0. The van der Waals surface area contributed by atoms with Crippen LogP contribution in [0.2, 0.25) is 5.02 Å². The molecule has 0 spiro atoms. The molecule has 0 saturated carbocycles. The number of rotatable bonds is 5. The molecule has 0 bridgehead atoms. The molecule has 3 heterocycles. The summed E-state index contributed by atoms with van der Waals surface area (Å²) >= 11 is 8.28. The predicted molar refractivity (Wildman–Crippen MR) is 135 cm³/mol. The van der Waals surface area contributed by atoms with Crippen molar-refractivity contribution in [3.8, 4) is 0 Å². The Morgan fingerprint density at radius 3 is 1.77 bits per heavy atom. The quantitative estimate of drug-likeness (QED) is 0.240. The zero-order valence-corrected chi connectivity index (χ0v) is 20.4. The van der Waals surface area contributed by atoms with Crippen molar-refractivity contribution in [2.45, 2.75) is 17.4 Å². The fourth-order valence-corrected chi connectivity index (χ4v) is 5.63. The van der Waals surface area contributed by atoms with E-state index < -0.39 is 11.8 Å². The lowest BCUT2D eigenvalue weighted by Crippen LogP contribution is -2.31. The molecule has 0 unspecified atom stereocenters. The Hall–Kier alpha value is -3.53. The van der Waals surface area contributed by atoms with Crippen LogP contribution in [0.1, 0.15) is 5.56 Å². The van der Waals surface area contributed by atoms with E-state index in [4.69, 9.17) is 20.4 Å². The topological polar surface area (TPSA) is 89.4 Å². The van der Waals surface area contributed by atoms with E-state index in [2.05, 4.69) is 9.97 Å². The van der Waals surface area contributed by atoms with Gasteiger partial charge in [-0.25, -0.2) is 14.9 Å². The Morgan fingerprint density at radius 2 is 1.29 bits per heavy atom. The van der Waals surface area contributed by atoms with Crippen LogP contribution in [0.5, 0.6) is 0 Å². The van der Waals surface area contributed by atoms with Gasteiger partial charge in [0, 0.05) is 5.02 Å². The van der Waals surface area contributed by atoms with Crippen LogP contribution < -0.4 is 4.90 Å². The average Bonchev–Trinajstić information content (AvgIpc) is 3.51. The minimum Gasteiger partial charge on any atom is -0.431 e. The maximum absolute atomic E-state index is 13.6. The number of aryl methyl sites for hydroxylation is 1. The summed E-state index contributed by atoms with van der Waals surface area (Å²) in [5, 5.41) is 0.958. The lowest BCUT2D eigenvalue weighted by Gasteiger charge is -2.15. The summed E-state index contributed by atoms with van der Waals surface area (Å²) < 4.78 is 11.6. The third kappa shape index (κ3) is 3.91. The molecule has 0 N–H and O–H groups in total. The molecule has 10 heteroatoms. The second-order valence-electron chi connectivity index (χ2n) is 7.64. The molecule has 0 saturated heterocycles. The molecular weight excluding hydrogens is 506 g/mol. The van der Waals surface area contributed by atoms with E-state index in [9.17, 15) is 9.59 Å². The van der Waals surface area contributed by atoms with E-state index in [1.54, 1.807) is 30.3 Å². The number of carbonyl (C=O) groups excluding carboxylic acids is 2. The number of benzene rings is 3. The van der Waals surface area contributed by atoms with E-state index >= 15 is 0 Å². The maximum atomic E-state index is 13.6. The Labute approximate surface area is 212 Å². The molecule has 172 valence electrons. The second kappa shape index (κ2) is 8.60. The molecule has 1 aliphatic heterocycles. The number of anilines is 1. The number of hydrogen-bond donors (Lipinski definition) is 0. The van der Waals surface area contributed by atoms with Gasteiger partial charge in [0.1, 0.15) is 20.8 Å². The molecule has 7 nitrogen and oxygen atoms in total. The highest BCUT2D eigenvalue weighted by Crippen LogP contribution is 2.44. The molecule has 35 heavy (non-hydrogen) atoms. The molecule has 0 radical (unpaired) electrons. The highest BCUT2D eigenvalue weighted by atomic mass is 35.5. The van der Waals surface area contributed by atoms with Crippen LogP contribution in [0, 0.1) is 6.92 Å². The number of hydrogen-bond acceptors (Lipinski definition) is 8. The van der Waals surface area contributed by atoms with Crippen molar-refractivity contribution in [2.75, 3.05) is 4.90 Å². The van der Waals surface area contributed by atoms with Crippen LogP contribution in [-0.4, -0.2) is 21.8 Å². The zero-order valence-electron chi connectivity index (χ0n) is 18.0. The lowest BCUT2D eigenvalue weighted by atomic mass is 10.2. The van der Waals surface area contributed by atoms with E-state index in [1.807, 2.05) is 43.3 Å². The second-order valence-corrected chi connectivity index (χ2v) is 9.97. The number of oxazole rings is 2. The summed E-state index contributed by atoms with van der Waals surface area (Å²) in [4.78, 5) is 37.4. The minimum atomic E-state index is -0.499. The van der Waals surface area contributed by atoms with Crippen molar-refractivity contribution < 1.29 is 18.4 Å². The number of amides is 2. The van der Waals surface area contributed by atoms with Crippen molar-refractivity contribution in [1.82, 2.24) is 9.97 Å². The van der Waals surface area contributed by atoms with Crippen LogP contribution in [0.4, 0.5) is 5.69 Å². The highest BCUT2D eigenvalue weighted by Gasteiger charge is 2.42. The first-order chi connectivity index (χ1) is 17.0. The van der Waals surface area contributed by atoms with Crippen molar-refractivity contribution in [2.24, 2.45) is 0 Å². The van der Waals surface area contributed by atoms with Gasteiger partial charge in [0.2, 0.25) is 0 Å². The van der Waals surface area contributed by atoms with E-state index in [1.165, 1.54) is 0 Å². The molecule has 0 fully saturated rings. The molecule has 5 aromatic rings. The van der Waals surface area contributed by atoms with Crippen LogP contribution in [0.25, 0.3) is 22.2 Å². The number of para-hydroxylation sites is 4. The van der Waals surface area contributed by atoms with Gasteiger partial charge in [-0.1, -0.05) is 41.9 Å². The smallest absolute Gasteiger partial charge is 0.273 e. The number of nitrogens with zero attached hydrogens (tertiary/aromatic N) is 3. The first kappa shape index (κ1) is 22.0. The Morgan fingerprint density at radius 1 is 0.771 bits per heavy atom. The van der Waals surface area contributed by atoms with Crippen LogP contribution in [0.15, 0.2) is 95.8 Å². The highest BCUT2D eigenvalue weighted by molar-refractivity contribution is 8.08. The summed E-state index contributed by atoms with van der Waals surface area (Å²) in [6, 6.07) is 19.6. The zero-order chi connectivity index (χ0) is 24.1. The molecule has 2 amide bonds. The molecule has 6 rings (SSSR count). The van der Waals surface area contributed by atoms with Gasteiger partial charge in [-0.15, -0.1) is 0 Å². The number of aromatic nitrogens is 2. The number of carbonyl (C=O) groups is 2. The van der Waals surface area contributed by atoms with Gasteiger partial charge in [-0.05, 0) is 72.4 Å². The maximum Gasteiger partial charge on any atom is 0.273 e. The van der Waals surface area contributed by atoms with E-state index in [0.717, 1.165) is 34.0 Å². The molecule has 0 atom stereocenters. The number of thioether (sulfide) groups is 2. The fourth-order valence-electron chi connectivity index (χ4n) is 3.59. The number of fused-ring (bicyclic) bond motifs is 2. The van der Waals surface area contributed by atoms with Gasteiger partial charge >= 0.3 is 0 Å². The summed E-state index contributed by atoms with van der Waals surface area (Å²) in [6.45, 7) is 1.85. The molecule has 2 aromatic heterocycles. The lowest BCUT2D eigenvalue weighted by molar-refractivity contribution is -0.120. The predicted octanol–water partition coefficient (Wildman–Crippen LogP) is 6.60. The normalized spacial score (nSPS) is 14.2. The van der Waals surface area contributed by atoms with Crippen LogP contribution in [0.3, 0.4) is 0 Å². The summed E-state index contributed by atoms with van der Waals surface area (Å²) in [5.41, 5.74) is 3.69. The van der Waals surface area contributed by atoms with Crippen molar-refractivity contribution in [1.29, 1.82) is 0 Å². The molecule has 0 aliphatic carbocycles. The Bertz CT molecular complexity index is 1530. The first-order valence-electron chi connectivity index (χ1n) is 10.4. The third-order valence-electron chi connectivity index (χ3n) is 5.34. The fraction of sp³-hybridized carbons (Fsp3) is 0.0400. The largest absolute Gasteiger partial charge is 0.431 e. The summed E-state index contributed by atoms with van der Waals surface area (Å²) in [5.74, 6) is -0.999. The minimum absolute atomic E-state index is 0.172. The van der Waals surface area contributed by atoms with Crippen molar-refractivity contribution in [3.63, 3.8) is 0 Å². The van der Waals surface area contributed by atoms with Gasteiger partial charge in [0.05, 0.1) is 5.69 Å². The average molecular weight is 520 g/mol. The van der Waals surface area contributed by atoms with Gasteiger partial charge in [0.15, 0.2) is 11.2 Å². The number of halogens is 1. The summed E-state index contributed by atoms with van der Waals surface area (Å²) in [6.07, 6.45) is 0. The van der Waals surface area contributed by atoms with Crippen LogP contribution in [-0.2, 0) is 9.59 Å². The van der Waals surface area contributed by atoms with Gasteiger partial charge in [-0.3, -0.25) is 9.59 Å². The molecule has 1 aliphatic rings. The number of imide groups is 1. The van der Waals surface area contributed by atoms with Crippen molar-refractivity contribution >= 4 is 74.8 Å². The Kier molecular flexibility index (Phi) is 5.40. The SMILES string of the molecule is Cc1ccc(N2C(=O)C(Sc3nc4ccccc4o3)=C(Sc3nc4ccccc4o3)C2=O)cc1Cl.